The number of nitrogens with two attached hydrogens (primary N) is 1. The molecule has 2 N–H and O–H groups in total. The fraction of sp³-hybridized carbons (Fsp3) is 0. The second-order valence-electron chi connectivity index (χ2n) is 2.12. The first-order chi connectivity index (χ1) is 5.79. The molecule has 2 aromatic heterocycles. The van der Waals surface area contributed by atoms with Crippen LogP contribution in [-0.4, -0.2) is 15.0 Å². The van der Waals surface area contributed by atoms with Gasteiger partial charge in [-0.2, -0.15) is 10.2 Å². The molecule has 0 aliphatic carbocycles. The molecule has 0 saturated carbocycles. The van der Waals surface area contributed by atoms with Gasteiger partial charge in [-0.1, -0.05) is 0 Å². The van der Waals surface area contributed by atoms with Gasteiger partial charge in [0.05, 0.1) is 16.9 Å². The molecular formula is C6H5BrN4S. The van der Waals surface area contributed by atoms with E-state index < -0.39 is 0 Å². The van der Waals surface area contributed by atoms with Crippen molar-refractivity contribution in [2.75, 3.05) is 5.73 Å². The lowest BCUT2D eigenvalue weighted by molar-refractivity contribution is 0.753. The van der Waals surface area contributed by atoms with Crippen molar-refractivity contribution >= 4 is 32.3 Å². The lowest BCUT2D eigenvalue weighted by Crippen LogP contribution is -2.00. The van der Waals surface area contributed by atoms with Crippen LogP contribution in [0.25, 0.3) is 5.69 Å². The van der Waals surface area contributed by atoms with E-state index in [1.807, 2.05) is 5.38 Å². The van der Waals surface area contributed by atoms with Crippen LogP contribution in [0.4, 0.5) is 5.00 Å². The molecule has 12 heavy (non-hydrogen) atoms. The number of aromatic nitrogens is 3. The molecule has 0 spiro atoms. The summed E-state index contributed by atoms with van der Waals surface area (Å²) < 4.78 is 0.918. The lowest BCUT2D eigenvalue weighted by Gasteiger charge is -1.97. The van der Waals surface area contributed by atoms with Crippen LogP contribution in [0.3, 0.4) is 0 Å². The van der Waals surface area contributed by atoms with Crippen molar-refractivity contribution in [3.05, 3.63) is 22.2 Å². The summed E-state index contributed by atoms with van der Waals surface area (Å²) in [6.07, 6.45) is 3.23. The Hall–Kier alpha value is -0.880. The molecule has 2 aromatic rings. The Bertz CT molecular complexity index is 361. The molecule has 62 valence electrons. The maximum absolute atomic E-state index is 5.72. The zero-order valence-corrected chi connectivity index (χ0v) is 8.34. The molecule has 0 unspecified atom stereocenters. The molecule has 0 radical (unpaired) electrons. The zero-order chi connectivity index (χ0) is 8.55. The van der Waals surface area contributed by atoms with Gasteiger partial charge >= 0.3 is 0 Å². The maximum atomic E-state index is 5.72. The fourth-order valence-electron chi connectivity index (χ4n) is 0.870. The van der Waals surface area contributed by atoms with Crippen LogP contribution in [0.15, 0.2) is 22.2 Å². The molecule has 6 heteroatoms. The van der Waals surface area contributed by atoms with E-state index in [9.17, 15) is 0 Å². The quantitative estimate of drug-likeness (QED) is 0.831. The Morgan fingerprint density at radius 1 is 1.42 bits per heavy atom. The normalized spacial score (nSPS) is 10.4. The molecule has 0 amide bonds. The second kappa shape index (κ2) is 2.87. The highest BCUT2D eigenvalue weighted by Crippen LogP contribution is 2.31. The summed E-state index contributed by atoms with van der Waals surface area (Å²) in [6, 6.07) is 0. The number of halogens is 1. The number of nitrogens with zero attached hydrogens (tertiary/aromatic N) is 3. The molecule has 0 aliphatic rings. The van der Waals surface area contributed by atoms with Crippen LogP contribution in [0.5, 0.6) is 0 Å². The molecule has 2 rings (SSSR count). The minimum atomic E-state index is 0.707. The first-order valence-electron chi connectivity index (χ1n) is 3.18. The summed E-state index contributed by atoms with van der Waals surface area (Å²) in [5.74, 6) is 0. The molecule has 0 bridgehead atoms. The van der Waals surface area contributed by atoms with Crippen LogP contribution in [0.2, 0.25) is 0 Å². The van der Waals surface area contributed by atoms with Crippen LogP contribution < -0.4 is 5.73 Å². The summed E-state index contributed by atoms with van der Waals surface area (Å²) >= 11 is 4.83. The molecule has 0 saturated heterocycles. The minimum absolute atomic E-state index is 0.707. The smallest absolute Gasteiger partial charge is 0.134 e. The van der Waals surface area contributed by atoms with Crippen LogP contribution in [-0.2, 0) is 0 Å². The zero-order valence-electron chi connectivity index (χ0n) is 5.94. The summed E-state index contributed by atoms with van der Waals surface area (Å²) in [5, 5.41) is 10.6. The summed E-state index contributed by atoms with van der Waals surface area (Å²) in [7, 11) is 0. The van der Waals surface area contributed by atoms with Gasteiger partial charge in [-0.05, 0) is 15.9 Å². The molecule has 0 aromatic carbocycles. The van der Waals surface area contributed by atoms with Crippen molar-refractivity contribution < 1.29 is 0 Å². The van der Waals surface area contributed by atoms with Crippen molar-refractivity contribution in [3.63, 3.8) is 0 Å². The molecule has 0 fully saturated rings. The molecule has 4 nitrogen and oxygen atoms in total. The van der Waals surface area contributed by atoms with Crippen LogP contribution in [0, 0.1) is 0 Å². The Morgan fingerprint density at radius 3 is 2.58 bits per heavy atom. The van der Waals surface area contributed by atoms with E-state index in [0.29, 0.717) is 5.00 Å². The van der Waals surface area contributed by atoms with Gasteiger partial charge in [-0.3, -0.25) is 0 Å². The van der Waals surface area contributed by atoms with Crippen molar-refractivity contribution in [2.24, 2.45) is 0 Å². The molecule has 0 atom stereocenters. The topological polar surface area (TPSA) is 56.7 Å². The van der Waals surface area contributed by atoms with Crippen LogP contribution in [0.1, 0.15) is 0 Å². The number of nitrogen functional groups attached to an aromatic ring is 1. The van der Waals surface area contributed by atoms with Crippen molar-refractivity contribution in [3.8, 4) is 5.69 Å². The SMILES string of the molecule is Nc1scc(Br)c1-n1nccn1. The van der Waals surface area contributed by atoms with Gasteiger partial charge < -0.3 is 5.73 Å². The number of rotatable bonds is 1. The van der Waals surface area contributed by atoms with E-state index in [4.69, 9.17) is 5.73 Å². The third-order valence-electron chi connectivity index (χ3n) is 1.37. The van der Waals surface area contributed by atoms with Gasteiger partial charge in [0.25, 0.3) is 0 Å². The van der Waals surface area contributed by atoms with E-state index in [1.54, 1.807) is 12.4 Å². The average Bonchev–Trinajstić information content (AvgIpc) is 2.61. The van der Waals surface area contributed by atoms with Gasteiger partial charge in [0.15, 0.2) is 0 Å². The standard InChI is InChI=1S/C6H5BrN4S/c7-4-3-12-6(8)5(4)11-9-1-2-10-11/h1-3H,8H2. The Balaban J connectivity index is 2.60. The monoisotopic (exact) mass is 244 g/mol. The predicted octanol–water partition coefficient (Wildman–Crippen LogP) is 1.67. The molecular weight excluding hydrogens is 240 g/mol. The van der Waals surface area contributed by atoms with E-state index in [2.05, 4.69) is 26.1 Å². The third-order valence-corrected chi connectivity index (χ3v) is 3.08. The number of anilines is 1. The predicted molar refractivity (Wildman–Crippen MR) is 51.3 cm³/mol. The second-order valence-corrected chi connectivity index (χ2v) is 3.88. The van der Waals surface area contributed by atoms with Crippen molar-refractivity contribution in [2.45, 2.75) is 0 Å². The van der Waals surface area contributed by atoms with Gasteiger partial charge in [0, 0.05) is 5.38 Å². The van der Waals surface area contributed by atoms with E-state index in [-0.39, 0.29) is 0 Å². The Morgan fingerprint density at radius 2 is 2.08 bits per heavy atom. The van der Waals surface area contributed by atoms with Gasteiger partial charge in [-0.25, -0.2) is 0 Å². The van der Waals surface area contributed by atoms with Crippen molar-refractivity contribution in [1.82, 2.24) is 15.0 Å². The van der Waals surface area contributed by atoms with E-state index in [0.717, 1.165) is 10.2 Å². The Labute approximate surface area is 81.1 Å². The largest absolute Gasteiger partial charge is 0.389 e. The summed E-state index contributed by atoms with van der Waals surface area (Å²) in [5.41, 5.74) is 6.53. The highest BCUT2D eigenvalue weighted by Gasteiger charge is 2.09. The first-order valence-corrected chi connectivity index (χ1v) is 4.85. The minimum Gasteiger partial charge on any atom is -0.389 e. The lowest BCUT2D eigenvalue weighted by atomic mass is 10.5. The van der Waals surface area contributed by atoms with E-state index >= 15 is 0 Å². The number of hydrogen-bond donors (Lipinski definition) is 1. The van der Waals surface area contributed by atoms with Gasteiger partial charge in [-0.15, -0.1) is 16.1 Å². The average molecular weight is 245 g/mol. The van der Waals surface area contributed by atoms with Crippen LogP contribution >= 0.6 is 27.3 Å². The number of hydrogen-bond acceptors (Lipinski definition) is 4. The fourth-order valence-corrected chi connectivity index (χ4v) is 2.30. The Kier molecular flexibility index (Phi) is 1.86. The molecule has 0 aliphatic heterocycles. The molecule has 2 heterocycles. The van der Waals surface area contributed by atoms with E-state index in [1.165, 1.54) is 16.1 Å². The van der Waals surface area contributed by atoms with Gasteiger partial charge in [0.1, 0.15) is 10.7 Å². The maximum Gasteiger partial charge on any atom is 0.134 e. The highest BCUT2D eigenvalue weighted by molar-refractivity contribution is 9.10. The summed E-state index contributed by atoms with van der Waals surface area (Å²) in [4.78, 5) is 1.50. The first kappa shape index (κ1) is 7.75. The summed E-state index contributed by atoms with van der Waals surface area (Å²) in [6.45, 7) is 0. The highest BCUT2D eigenvalue weighted by atomic mass is 79.9. The number of thiophene rings is 1. The van der Waals surface area contributed by atoms with Gasteiger partial charge in [0.2, 0.25) is 0 Å². The van der Waals surface area contributed by atoms with Crippen molar-refractivity contribution in [1.29, 1.82) is 0 Å². The third kappa shape index (κ3) is 1.12.